The topological polar surface area (TPSA) is 44.7 Å². The fourth-order valence-corrected chi connectivity index (χ4v) is 0.868. The molecule has 0 unspecified atom stereocenters. The van der Waals surface area contributed by atoms with E-state index in [9.17, 15) is 0 Å². The van der Waals surface area contributed by atoms with Gasteiger partial charge in [-0.1, -0.05) is 0 Å². The summed E-state index contributed by atoms with van der Waals surface area (Å²) in [4.78, 5) is 2.01. The van der Waals surface area contributed by atoms with Crippen molar-refractivity contribution in [3.05, 3.63) is 24.8 Å². The smallest absolute Gasteiger partial charge is 0.0698 e. The molecule has 1 aliphatic rings. The zero-order chi connectivity index (χ0) is 8.65. The second kappa shape index (κ2) is 5.62. The summed E-state index contributed by atoms with van der Waals surface area (Å²) in [6.07, 6.45) is 7.57. The zero-order valence-corrected chi connectivity index (χ0v) is 6.94. The molecule has 0 saturated heterocycles. The SMILES string of the molecule is OCCOCCN1C=CNC=C1. The van der Waals surface area contributed by atoms with Gasteiger partial charge in [-0.05, 0) is 0 Å². The highest BCUT2D eigenvalue weighted by Gasteiger charge is 1.96. The van der Waals surface area contributed by atoms with Gasteiger partial charge in [-0.2, -0.15) is 0 Å². The van der Waals surface area contributed by atoms with Crippen LogP contribution in [0.25, 0.3) is 0 Å². The Balaban J connectivity index is 2.02. The molecule has 1 heterocycles. The molecule has 2 N–H and O–H groups in total. The first-order chi connectivity index (χ1) is 5.93. The average Bonchev–Trinajstić information content (AvgIpc) is 2.14. The van der Waals surface area contributed by atoms with E-state index in [4.69, 9.17) is 9.84 Å². The summed E-state index contributed by atoms with van der Waals surface area (Å²) >= 11 is 0. The van der Waals surface area contributed by atoms with E-state index < -0.39 is 0 Å². The van der Waals surface area contributed by atoms with Crippen LogP contribution < -0.4 is 5.32 Å². The standard InChI is InChI=1S/C8H14N2O2/c11-6-8-12-7-5-10-3-1-9-2-4-10/h1-4,9,11H,5-8H2. The van der Waals surface area contributed by atoms with Crippen molar-refractivity contribution in [1.29, 1.82) is 0 Å². The van der Waals surface area contributed by atoms with E-state index in [1.54, 1.807) is 0 Å². The minimum atomic E-state index is 0.0905. The predicted octanol–water partition coefficient (Wildman–Crippen LogP) is -0.157. The van der Waals surface area contributed by atoms with Crippen molar-refractivity contribution < 1.29 is 9.84 Å². The molecule has 0 atom stereocenters. The number of rotatable bonds is 5. The summed E-state index contributed by atoms with van der Waals surface area (Å²) in [6, 6.07) is 0. The molecule has 0 fully saturated rings. The van der Waals surface area contributed by atoms with Gasteiger partial charge < -0.3 is 20.1 Å². The fourth-order valence-electron chi connectivity index (χ4n) is 0.868. The third-order valence-corrected chi connectivity index (χ3v) is 1.45. The maximum Gasteiger partial charge on any atom is 0.0698 e. The first-order valence-corrected chi connectivity index (χ1v) is 3.97. The van der Waals surface area contributed by atoms with Crippen molar-refractivity contribution >= 4 is 0 Å². The number of nitrogens with zero attached hydrogens (tertiary/aromatic N) is 1. The second-order valence-corrected chi connectivity index (χ2v) is 2.37. The number of aliphatic hydroxyl groups excluding tert-OH is 1. The lowest BCUT2D eigenvalue weighted by atomic mass is 10.5. The average molecular weight is 170 g/mol. The Kier molecular flexibility index (Phi) is 4.26. The van der Waals surface area contributed by atoms with E-state index >= 15 is 0 Å². The lowest BCUT2D eigenvalue weighted by Gasteiger charge is -2.17. The number of ether oxygens (including phenoxy) is 1. The molecule has 12 heavy (non-hydrogen) atoms. The van der Waals surface area contributed by atoms with Crippen LogP contribution in [-0.4, -0.2) is 36.4 Å². The van der Waals surface area contributed by atoms with E-state index in [0.29, 0.717) is 13.2 Å². The Morgan fingerprint density at radius 1 is 1.25 bits per heavy atom. The number of aliphatic hydroxyl groups is 1. The monoisotopic (exact) mass is 170 g/mol. The van der Waals surface area contributed by atoms with Gasteiger partial charge in [0.25, 0.3) is 0 Å². The minimum absolute atomic E-state index is 0.0905. The van der Waals surface area contributed by atoms with Crippen LogP contribution in [0.1, 0.15) is 0 Å². The normalized spacial score (nSPS) is 14.9. The summed E-state index contributed by atoms with van der Waals surface area (Å²) in [7, 11) is 0. The van der Waals surface area contributed by atoms with Gasteiger partial charge in [0.2, 0.25) is 0 Å². The molecular weight excluding hydrogens is 156 g/mol. The van der Waals surface area contributed by atoms with Crippen LogP contribution in [0.2, 0.25) is 0 Å². The highest BCUT2D eigenvalue weighted by molar-refractivity contribution is 4.98. The predicted molar refractivity (Wildman–Crippen MR) is 46.0 cm³/mol. The fraction of sp³-hybridized carbons (Fsp3) is 0.500. The molecule has 0 aliphatic carbocycles. The number of nitrogens with one attached hydrogen (secondary N) is 1. The Morgan fingerprint density at radius 2 is 2.00 bits per heavy atom. The number of hydrogen-bond acceptors (Lipinski definition) is 4. The van der Waals surface area contributed by atoms with Crippen molar-refractivity contribution in [2.75, 3.05) is 26.4 Å². The highest BCUT2D eigenvalue weighted by atomic mass is 16.5. The Morgan fingerprint density at radius 3 is 2.67 bits per heavy atom. The molecule has 4 nitrogen and oxygen atoms in total. The maximum absolute atomic E-state index is 8.43. The van der Waals surface area contributed by atoms with Gasteiger partial charge in [-0.15, -0.1) is 0 Å². The summed E-state index contributed by atoms with van der Waals surface area (Å²) in [5.41, 5.74) is 0. The minimum Gasteiger partial charge on any atom is -0.394 e. The molecule has 0 aromatic rings. The van der Waals surface area contributed by atoms with Gasteiger partial charge >= 0.3 is 0 Å². The van der Waals surface area contributed by atoms with Crippen LogP contribution in [0.15, 0.2) is 24.8 Å². The molecule has 0 aromatic heterocycles. The summed E-state index contributed by atoms with van der Waals surface area (Å²) in [5.74, 6) is 0. The van der Waals surface area contributed by atoms with Crippen LogP contribution in [0.4, 0.5) is 0 Å². The molecule has 0 saturated carbocycles. The molecule has 1 aliphatic heterocycles. The highest BCUT2D eigenvalue weighted by Crippen LogP contribution is 1.94. The van der Waals surface area contributed by atoms with Gasteiger partial charge in [0.05, 0.1) is 19.8 Å². The van der Waals surface area contributed by atoms with Crippen LogP contribution in [0, 0.1) is 0 Å². The summed E-state index contributed by atoms with van der Waals surface area (Å²) in [5, 5.41) is 11.4. The molecule has 0 bridgehead atoms. The van der Waals surface area contributed by atoms with Crippen LogP contribution >= 0.6 is 0 Å². The molecule has 0 radical (unpaired) electrons. The van der Waals surface area contributed by atoms with Gasteiger partial charge in [-0.25, -0.2) is 0 Å². The molecule has 0 spiro atoms. The van der Waals surface area contributed by atoms with Gasteiger partial charge in [0, 0.05) is 31.3 Å². The van der Waals surface area contributed by atoms with Crippen molar-refractivity contribution in [1.82, 2.24) is 10.2 Å². The lowest BCUT2D eigenvalue weighted by molar-refractivity contribution is 0.0862. The Hall–Kier alpha value is -1.00. The quantitative estimate of drug-likeness (QED) is 0.563. The van der Waals surface area contributed by atoms with E-state index in [1.807, 2.05) is 29.7 Å². The first-order valence-electron chi connectivity index (χ1n) is 3.97. The Bertz CT molecular complexity index is 156. The number of hydrogen-bond donors (Lipinski definition) is 2. The molecule has 0 amide bonds. The van der Waals surface area contributed by atoms with Crippen LogP contribution in [0.3, 0.4) is 0 Å². The molecule has 4 heteroatoms. The molecule has 0 aromatic carbocycles. The molecule has 1 rings (SSSR count). The van der Waals surface area contributed by atoms with Gasteiger partial charge in [0.1, 0.15) is 0 Å². The second-order valence-electron chi connectivity index (χ2n) is 2.37. The van der Waals surface area contributed by atoms with Crippen molar-refractivity contribution in [2.24, 2.45) is 0 Å². The molecule has 68 valence electrons. The first kappa shape index (κ1) is 9.09. The third kappa shape index (κ3) is 3.41. The van der Waals surface area contributed by atoms with E-state index in [2.05, 4.69) is 5.32 Å². The zero-order valence-electron chi connectivity index (χ0n) is 6.94. The van der Waals surface area contributed by atoms with Crippen molar-refractivity contribution in [2.45, 2.75) is 0 Å². The molecular formula is C8H14N2O2. The Labute approximate surface area is 72.1 Å². The van der Waals surface area contributed by atoms with E-state index in [-0.39, 0.29) is 6.61 Å². The summed E-state index contributed by atoms with van der Waals surface area (Å²) < 4.78 is 5.11. The van der Waals surface area contributed by atoms with Crippen LogP contribution in [-0.2, 0) is 4.74 Å². The van der Waals surface area contributed by atoms with Crippen molar-refractivity contribution in [3.63, 3.8) is 0 Å². The summed E-state index contributed by atoms with van der Waals surface area (Å²) in [6.45, 7) is 1.96. The third-order valence-electron chi connectivity index (χ3n) is 1.45. The maximum atomic E-state index is 8.43. The van der Waals surface area contributed by atoms with Gasteiger partial charge in [0.15, 0.2) is 0 Å². The largest absolute Gasteiger partial charge is 0.394 e. The van der Waals surface area contributed by atoms with Crippen LogP contribution in [0.5, 0.6) is 0 Å². The van der Waals surface area contributed by atoms with Gasteiger partial charge in [-0.3, -0.25) is 0 Å². The lowest BCUT2D eigenvalue weighted by Crippen LogP contribution is -2.20. The van der Waals surface area contributed by atoms with Crippen molar-refractivity contribution in [3.8, 4) is 0 Å². The van der Waals surface area contributed by atoms with E-state index in [0.717, 1.165) is 6.54 Å². The van der Waals surface area contributed by atoms with E-state index in [1.165, 1.54) is 0 Å².